The van der Waals surface area contributed by atoms with E-state index < -0.39 is 97.3 Å². The van der Waals surface area contributed by atoms with Crippen molar-refractivity contribution in [2.24, 2.45) is 0 Å². The zero-order valence-corrected chi connectivity index (χ0v) is 27.7. The van der Waals surface area contributed by atoms with E-state index in [2.05, 4.69) is 0 Å². The average molecular weight is 721 g/mol. The summed E-state index contributed by atoms with van der Waals surface area (Å²) >= 11 is 0. The first-order chi connectivity index (χ1) is 22.6. The average Bonchev–Trinajstić information content (AvgIpc) is 3.03. The van der Waals surface area contributed by atoms with Gasteiger partial charge < -0.3 is 9.05 Å². The quantitative estimate of drug-likeness (QED) is 0.0784. The topological polar surface area (TPSA) is 18.5 Å². The molecule has 1 aliphatic carbocycles. The highest BCUT2D eigenvalue weighted by molar-refractivity contribution is 7.69. The molecular weight excluding hydrogens is 692 g/mol. The Bertz CT molecular complexity index is 1670. The molecular formula is C34H28F10O2P2. The minimum absolute atomic E-state index is 0.0111. The summed E-state index contributed by atoms with van der Waals surface area (Å²) in [5.41, 5.74) is 3.68. The summed E-state index contributed by atoms with van der Waals surface area (Å²) < 4.78 is 159. The maximum Gasteiger partial charge on any atom is 0.200 e. The first kappa shape index (κ1) is 36.2. The molecule has 1 aliphatic rings. The van der Waals surface area contributed by atoms with Crippen LogP contribution in [0.4, 0.5) is 43.9 Å². The SMILES string of the molecule is Cc1cc(C)cc(P(O[C@H]2CCCC[C@@H]2OP(c2c(F)c(F)c(F)c(F)c2F)c2c(F)c(F)c(F)c(F)c2F)c2cc(C)cc(C)c2)c1. The Balaban J connectivity index is 1.66. The molecule has 4 aromatic rings. The molecule has 2 atom stereocenters. The minimum Gasteiger partial charge on any atom is -0.344 e. The van der Waals surface area contributed by atoms with Crippen LogP contribution in [0.1, 0.15) is 47.9 Å². The normalized spacial score (nSPS) is 16.8. The number of hydrogen-bond acceptors (Lipinski definition) is 2. The van der Waals surface area contributed by atoms with Crippen LogP contribution < -0.4 is 21.2 Å². The van der Waals surface area contributed by atoms with Crippen LogP contribution >= 0.6 is 16.3 Å². The molecule has 1 fully saturated rings. The van der Waals surface area contributed by atoms with Gasteiger partial charge in [-0.15, -0.1) is 0 Å². The molecule has 0 bridgehead atoms. The Morgan fingerprint density at radius 3 is 1.00 bits per heavy atom. The van der Waals surface area contributed by atoms with Gasteiger partial charge in [-0.05, 0) is 64.8 Å². The van der Waals surface area contributed by atoms with Crippen molar-refractivity contribution in [3.63, 3.8) is 0 Å². The molecule has 5 rings (SSSR count). The number of aryl methyl sites for hydroxylation is 4. The van der Waals surface area contributed by atoms with Gasteiger partial charge in [0.05, 0.1) is 31.0 Å². The fraction of sp³-hybridized carbons (Fsp3) is 0.294. The smallest absolute Gasteiger partial charge is 0.200 e. The zero-order chi connectivity index (χ0) is 35.2. The summed E-state index contributed by atoms with van der Waals surface area (Å²) in [6, 6.07) is 11.5. The standard InChI is InChI=1S/C34H28F10O2P2/c1-15-9-16(2)12-19(11-15)47(20-13-17(3)10-18(4)14-20)45-21-7-5-6-8-22(21)46-48(33-29(41)25(37)23(35)26(38)30(33)42)34-31(43)27(39)24(36)28(40)32(34)44/h9-14,21-22H,5-8H2,1-4H3/t21-,22-/m0/s1. The van der Waals surface area contributed by atoms with Gasteiger partial charge in [-0.3, -0.25) is 0 Å². The largest absolute Gasteiger partial charge is 0.344 e. The zero-order valence-electron chi connectivity index (χ0n) is 25.9. The fourth-order valence-electron chi connectivity index (χ4n) is 5.74. The lowest BCUT2D eigenvalue weighted by atomic mass is 9.95. The third kappa shape index (κ3) is 7.00. The molecule has 14 heteroatoms. The highest BCUT2D eigenvalue weighted by Gasteiger charge is 2.42. The van der Waals surface area contributed by atoms with Crippen LogP contribution in [0.3, 0.4) is 0 Å². The lowest BCUT2D eigenvalue weighted by molar-refractivity contribution is 0.0412. The molecule has 0 aromatic heterocycles. The molecule has 0 amide bonds. The Labute approximate surface area is 272 Å². The van der Waals surface area contributed by atoms with Gasteiger partial charge in [-0.25, -0.2) is 43.9 Å². The predicted molar refractivity (Wildman–Crippen MR) is 165 cm³/mol. The van der Waals surface area contributed by atoms with Gasteiger partial charge >= 0.3 is 0 Å². The van der Waals surface area contributed by atoms with E-state index in [1.54, 1.807) is 0 Å². The Morgan fingerprint density at radius 1 is 0.417 bits per heavy atom. The van der Waals surface area contributed by atoms with Crippen molar-refractivity contribution in [3.05, 3.63) is 117 Å². The molecule has 0 aliphatic heterocycles. The van der Waals surface area contributed by atoms with E-state index in [0.717, 1.165) is 32.9 Å². The van der Waals surface area contributed by atoms with Gasteiger partial charge in [0.25, 0.3) is 0 Å². The molecule has 0 unspecified atom stereocenters. The number of halogens is 10. The van der Waals surface area contributed by atoms with Gasteiger partial charge in [0, 0.05) is 10.6 Å². The fourth-order valence-corrected chi connectivity index (χ4v) is 10.1. The first-order valence-corrected chi connectivity index (χ1v) is 17.3. The lowest BCUT2D eigenvalue weighted by Crippen LogP contribution is -2.38. The monoisotopic (exact) mass is 720 g/mol. The van der Waals surface area contributed by atoms with Gasteiger partial charge in [-0.1, -0.05) is 47.2 Å². The van der Waals surface area contributed by atoms with Gasteiger partial charge in [-0.2, -0.15) is 0 Å². The Kier molecular flexibility index (Phi) is 10.9. The summed E-state index contributed by atoms with van der Waals surface area (Å²) in [6.45, 7) is 7.55. The molecule has 4 aromatic carbocycles. The van der Waals surface area contributed by atoms with E-state index in [-0.39, 0.29) is 12.8 Å². The highest BCUT2D eigenvalue weighted by atomic mass is 31.1. The van der Waals surface area contributed by atoms with Crippen LogP contribution in [0.5, 0.6) is 0 Å². The first-order valence-electron chi connectivity index (χ1n) is 14.7. The predicted octanol–water partition coefficient (Wildman–Crippen LogP) is 9.05. The lowest BCUT2D eigenvalue weighted by Gasteiger charge is -2.36. The van der Waals surface area contributed by atoms with E-state index in [1.165, 1.54) is 0 Å². The second-order valence-corrected chi connectivity index (χ2v) is 15.2. The molecule has 48 heavy (non-hydrogen) atoms. The van der Waals surface area contributed by atoms with E-state index in [9.17, 15) is 26.3 Å². The number of rotatable bonds is 8. The van der Waals surface area contributed by atoms with Crippen molar-refractivity contribution in [1.82, 2.24) is 0 Å². The number of benzene rings is 4. The Hall–Kier alpha value is -3.04. The Morgan fingerprint density at radius 2 is 0.688 bits per heavy atom. The summed E-state index contributed by atoms with van der Waals surface area (Å²) in [5.74, 6) is -25.2. The van der Waals surface area contributed by atoms with E-state index in [0.29, 0.717) is 12.8 Å². The maximum atomic E-state index is 15.2. The molecule has 0 radical (unpaired) electrons. The van der Waals surface area contributed by atoms with E-state index in [4.69, 9.17) is 9.05 Å². The van der Waals surface area contributed by atoms with Gasteiger partial charge in [0.15, 0.2) is 46.5 Å². The highest BCUT2D eigenvalue weighted by Crippen LogP contribution is 2.48. The second-order valence-electron chi connectivity index (χ2n) is 11.7. The van der Waals surface area contributed by atoms with Crippen molar-refractivity contribution in [2.75, 3.05) is 0 Å². The molecule has 0 spiro atoms. The van der Waals surface area contributed by atoms with Crippen LogP contribution in [0.15, 0.2) is 36.4 Å². The summed E-state index contributed by atoms with van der Waals surface area (Å²) in [5, 5.41) is -2.14. The minimum atomic E-state index is -3.89. The van der Waals surface area contributed by atoms with Gasteiger partial charge in [0.2, 0.25) is 11.6 Å². The molecule has 0 saturated heterocycles. The summed E-state index contributed by atoms with van der Waals surface area (Å²) in [6.07, 6.45) is -1.15. The molecule has 0 N–H and O–H groups in total. The third-order valence-electron chi connectivity index (χ3n) is 7.78. The van der Waals surface area contributed by atoms with Crippen molar-refractivity contribution < 1.29 is 53.0 Å². The van der Waals surface area contributed by atoms with Gasteiger partial charge in [0.1, 0.15) is 8.15 Å². The second kappa shape index (κ2) is 14.4. The number of hydrogen-bond donors (Lipinski definition) is 0. The maximum absolute atomic E-state index is 15.2. The molecule has 2 nitrogen and oxygen atoms in total. The van der Waals surface area contributed by atoms with E-state index >= 15 is 17.6 Å². The van der Waals surface area contributed by atoms with Crippen LogP contribution in [-0.4, -0.2) is 12.2 Å². The van der Waals surface area contributed by atoms with E-state index in [1.807, 2.05) is 64.1 Å². The van der Waals surface area contributed by atoms with Crippen LogP contribution in [0.2, 0.25) is 0 Å². The van der Waals surface area contributed by atoms with Crippen molar-refractivity contribution in [2.45, 2.75) is 65.6 Å². The van der Waals surface area contributed by atoms with Crippen molar-refractivity contribution >= 4 is 37.5 Å². The molecule has 256 valence electrons. The van der Waals surface area contributed by atoms with Crippen molar-refractivity contribution in [1.29, 1.82) is 0 Å². The molecule has 1 saturated carbocycles. The van der Waals surface area contributed by atoms with Crippen LogP contribution in [-0.2, 0) is 9.05 Å². The van der Waals surface area contributed by atoms with Crippen LogP contribution in [0.25, 0.3) is 0 Å². The summed E-state index contributed by atoms with van der Waals surface area (Å²) in [4.78, 5) is 0. The van der Waals surface area contributed by atoms with Crippen LogP contribution in [0, 0.1) is 85.9 Å². The van der Waals surface area contributed by atoms with Crippen molar-refractivity contribution in [3.8, 4) is 0 Å². The summed E-state index contributed by atoms with van der Waals surface area (Å²) in [7, 11) is -5.55. The third-order valence-corrected chi connectivity index (χ3v) is 11.8. The molecule has 0 heterocycles.